The summed E-state index contributed by atoms with van der Waals surface area (Å²) in [5.74, 6) is 0.699. The summed E-state index contributed by atoms with van der Waals surface area (Å²) in [5.41, 5.74) is 12.5. The number of nitrogens with two attached hydrogens (primary N) is 1. The van der Waals surface area contributed by atoms with Crippen molar-refractivity contribution in [2.24, 2.45) is 5.73 Å². The fourth-order valence-electron chi connectivity index (χ4n) is 5.42. The number of nitrogens with one attached hydrogen (secondary N) is 1. The van der Waals surface area contributed by atoms with Crippen LogP contribution >= 0.6 is 0 Å². The quantitative estimate of drug-likeness (QED) is 0.282. The number of aryl methyl sites for hydroxylation is 2. The van der Waals surface area contributed by atoms with E-state index in [0.29, 0.717) is 12.5 Å². The highest BCUT2D eigenvalue weighted by Crippen LogP contribution is 2.29. The molecular weight excluding hydrogens is 488 g/mol. The van der Waals surface area contributed by atoms with Crippen LogP contribution in [0.5, 0.6) is 0 Å². The number of aromatic nitrogens is 2. The first-order valence-corrected chi connectivity index (χ1v) is 14.5. The average molecular weight is 535 g/mol. The molecule has 1 aliphatic heterocycles. The number of amides is 1. The van der Waals surface area contributed by atoms with Crippen LogP contribution in [0, 0.1) is 13.8 Å². The lowest BCUT2D eigenvalue weighted by Gasteiger charge is -2.26. The van der Waals surface area contributed by atoms with Crippen molar-refractivity contribution in [3.8, 4) is 0 Å². The zero-order chi connectivity index (χ0) is 27.8. The molecule has 1 fully saturated rings. The monoisotopic (exact) mass is 534 g/mol. The average Bonchev–Trinajstić information content (AvgIpc) is 3.27. The summed E-state index contributed by atoms with van der Waals surface area (Å²) in [7, 11) is 0. The molecule has 0 spiro atoms. The number of imidazole rings is 1. The second-order valence-corrected chi connectivity index (χ2v) is 11.0. The first-order valence-electron chi connectivity index (χ1n) is 14.5. The van der Waals surface area contributed by atoms with Crippen LogP contribution in [-0.2, 0) is 16.1 Å². The van der Waals surface area contributed by atoms with E-state index in [-0.39, 0.29) is 5.91 Å². The lowest BCUT2D eigenvalue weighted by atomic mass is 10.1. The molecule has 39 heavy (non-hydrogen) atoms. The lowest BCUT2D eigenvalue weighted by molar-refractivity contribution is -0.118. The van der Waals surface area contributed by atoms with Crippen LogP contribution in [0.25, 0.3) is 11.0 Å². The SMILES string of the molecule is CCC(C)n1c(NCCCN2CCOCC2)nc2ccc(CN(CCCC(N)=O)c3cc(C)cc(C)c3)cc21. The van der Waals surface area contributed by atoms with E-state index in [0.717, 1.165) is 88.7 Å². The predicted octanol–water partition coefficient (Wildman–Crippen LogP) is 5.03. The van der Waals surface area contributed by atoms with Gasteiger partial charge in [0.05, 0.1) is 24.2 Å². The Kier molecular flexibility index (Phi) is 10.2. The minimum absolute atomic E-state index is 0.251. The Labute approximate surface area is 233 Å². The molecule has 1 aliphatic rings. The Morgan fingerprint density at radius 1 is 1.13 bits per heavy atom. The number of benzene rings is 2. The third-order valence-electron chi connectivity index (χ3n) is 7.62. The summed E-state index contributed by atoms with van der Waals surface area (Å²) in [5, 5.41) is 3.63. The first-order chi connectivity index (χ1) is 18.8. The third kappa shape index (κ3) is 7.96. The molecule has 8 heteroatoms. The molecule has 3 N–H and O–H groups in total. The molecule has 1 amide bonds. The number of anilines is 2. The van der Waals surface area contributed by atoms with Gasteiger partial charge < -0.3 is 25.3 Å². The van der Waals surface area contributed by atoms with Gasteiger partial charge in [-0.05, 0) is 87.5 Å². The molecule has 1 unspecified atom stereocenters. The van der Waals surface area contributed by atoms with Crippen LogP contribution in [0.2, 0.25) is 0 Å². The summed E-state index contributed by atoms with van der Waals surface area (Å²) >= 11 is 0. The van der Waals surface area contributed by atoms with Crippen LogP contribution in [0.15, 0.2) is 36.4 Å². The Morgan fingerprint density at radius 2 is 1.87 bits per heavy atom. The van der Waals surface area contributed by atoms with Gasteiger partial charge >= 0.3 is 0 Å². The molecule has 1 aromatic heterocycles. The van der Waals surface area contributed by atoms with E-state index < -0.39 is 0 Å². The van der Waals surface area contributed by atoms with Gasteiger partial charge in [0.25, 0.3) is 0 Å². The molecule has 3 aromatic rings. The molecule has 2 aromatic carbocycles. The molecule has 8 nitrogen and oxygen atoms in total. The summed E-state index contributed by atoms with van der Waals surface area (Å²) in [6.07, 6.45) is 3.22. The van der Waals surface area contributed by atoms with E-state index >= 15 is 0 Å². The molecule has 0 radical (unpaired) electrons. The molecule has 1 saturated heterocycles. The molecule has 4 rings (SSSR count). The number of fused-ring (bicyclic) bond motifs is 1. The van der Waals surface area contributed by atoms with Crippen molar-refractivity contribution < 1.29 is 9.53 Å². The van der Waals surface area contributed by atoms with Crippen LogP contribution in [0.4, 0.5) is 11.6 Å². The van der Waals surface area contributed by atoms with Gasteiger partial charge in [0.15, 0.2) is 0 Å². The Balaban J connectivity index is 1.53. The molecule has 2 heterocycles. The highest BCUT2D eigenvalue weighted by atomic mass is 16.5. The third-order valence-corrected chi connectivity index (χ3v) is 7.62. The smallest absolute Gasteiger partial charge is 0.217 e. The molecule has 0 bridgehead atoms. The number of morpholine rings is 1. The summed E-state index contributed by atoms with van der Waals surface area (Å²) in [6, 6.07) is 13.6. The van der Waals surface area contributed by atoms with Gasteiger partial charge in [-0.15, -0.1) is 0 Å². The topological polar surface area (TPSA) is 88.7 Å². The second-order valence-electron chi connectivity index (χ2n) is 11.0. The van der Waals surface area contributed by atoms with Crippen LogP contribution in [0.3, 0.4) is 0 Å². The zero-order valence-corrected chi connectivity index (χ0v) is 24.2. The van der Waals surface area contributed by atoms with Gasteiger partial charge in [-0.1, -0.05) is 19.1 Å². The molecule has 212 valence electrons. The van der Waals surface area contributed by atoms with E-state index in [1.807, 2.05) is 0 Å². The zero-order valence-electron chi connectivity index (χ0n) is 24.2. The largest absolute Gasteiger partial charge is 0.379 e. The second kappa shape index (κ2) is 13.8. The predicted molar refractivity (Wildman–Crippen MR) is 160 cm³/mol. The number of hydrogen-bond acceptors (Lipinski definition) is 6. The van der Waals surface area contributed by atoms with E-state index in [1.54, 1.807) is 0 Å². The van der Waals surface area contributed by atoms with Crippen molar-refractivity contribution in [2.45, 2.75) is 66.0 Å². The normalized spacial score (nSPS) is 15.0. The minimum Gasteiger partial charge on any atom is -0.379 e. The van der Waals surface area contributed by atoms with Gasteiger partial charge in [-0.25, -0.2) is 4.98 Å². The summed E-state index contributed by atoms with van der Waals surface area (Å²) < 4.78 is 7.83. The Bertz CT molecular complexity index is 1210. The summed E-state index contributed by atoms with van der Waals surface area (Å²) in [6.45, 7) is 16.0. The lowest BCUT2D eigenvalue weighted by Crippen LogP contribution is -2.37. The Morgan fingerprint density at radius 3 is 2.56 bits per heavy atom. The van der Waals surface area contributed by atoms with Gasteiger partial charge in [0, 0.05) is 50.9 Å². The number of carbonyl (C=O) groups is 1. The Hall–Kier alpha value is -3.10. The number of ether oxygens (including phenoxy) is 1. The van der Waals surface area contributed by atoms with Gasteiger partial charge in [0.1, 0.15) is 0 Å². The van der Waals surface area contributed by atoms with E-state index in [9.17, 15) is 4.79 Å². The van der Waals surface area contributed by atoms with E-state index in [1.165, 1.54) is 22.4 Å². The summed E-state index contributed by atoms with van der Waals surface area (Å²) in [4.78, 5) is 21.2. The molecular formula is C31H46N6O2. The maximum atomic E-state index is 11.4. The fourth-order valence-corrected chi connectivity index (χ4v) is 5.42. The van der Waals surface area contributed by atoms with Crippen LogP contribution in [-0.4, -0.2) is 66.3 Å². The molecule has 1 atom stereocenters. The van der Waals surface area contributed by atoms with Crippen molar-refractivity contribution in [1.29, 1.82) is 0 Å². The van der Waals surface area contributed by atoms with Crippen molar-refractivity contribution in [2.75, 3.05) is 56.2 Å². The maximum absolute atomic E-state index is 11.4. The van der Waals surface area contributed by atoms with E-state index in [2.05, 4.69) is 83.8 Å². The van der Waals surface area contributed by atoms with Crippen molar-refractivity contribution in [3.05, 3.63) is 53.1 Å². The number of hydrogen-bond donors (Lipinski definition) is 2. The highest BCUT2D eigenvalue weighted by molar-refractivity contribution is 5.80. The van der Waals surface area contributed by atoms with Gasteiger partial charge in [-0.2, -0.15) is 0 Å². The van der Waals surface area contributed by atoms with Gasteiger partial charge in [0.2, 0.25) is 11.9 Å². The fraction of sp³-hybridized carbons (Fsp3) is 0.548. The minimum atomic E-state index is -0.251. The maximum Gasteiger partial charge on any atom is 0.217 e. The standard InChI is InChI=1S/C31H46N6O2/c1-5-25(4)37-29-21-26(22-36(13-6-8-30(32)38)27-19-23(2)18-24(3)20-27)9-10-28(29)34-31(37)33-11-7-12-35-14-16-39-17-15-35/h9-10,18-21,25H,5-8,11-17,22H2,1-4H3,(H2,32,38)(H,33,34). The number of carbonyl (C=O) groups excluding carboxylic acids is 1. The van der Waals surface area contributed by atoms with Crippen molar-refractivity contribution in [1.82, 2.24) is 14.5 Å². The number of primary amides is 1. The molecule has 0 aliphatic carbocycles. The van der Waals surface area contributed by atoms with Crippen LogP contribution < -0.4 is 16.0 Å². The van der Waals surface area contributed by atoms with Crippen LogP contribution in [0.1, 0.15) is 62.3 Å². The van der Waals surface area contributed by atoms with Crippen molar-refractivity contribution in [3.63, 3.8) is 0 Å². The molecule has 0 saturated carbocycles. The number of nitrogens with zero attached hydrogens (tertiary/aromatic N) is 4. The number of rotatable bonds is 14. The first kappa shape index (κ1) is 28.9. The van der Waals surface area contributed by atoms with Crippen molar-refractivity contribution >= 4 is 28.6 Å². The highest BCUT2D eigenvalue weighted by Gasteiger charge is 2.17. The van der Waals surface area contributed by atoms with E-state index in [4.69, 9.17) is 15.5 Å². The van der Waals surface area contributed by atoms with Gasteiger partial charge in [-0.3, -0.25) is 9.69 Å².